The molecule has 2 rings (SSSR count). The molecule has 0 aromatic heterocycles. The van der Waals surface area contributed by atoms with Crippen LogP contribution in [0.15, 0.2) is 30.3 Å². The minimum absolute atomic E-state index is 0.0264. The third-order valence-corrected chi connectivity index (χ3v) is 14.6. The van der Waals surface area contributed by atoms with Crippen molar-refractivity contribution in [1.29, 1.82) is 5.41 Å². The molecule has 0 aliphatic carbocycles. The molecular formula is C62H105N15O17. The third-order valence-electron chi connectivity index (χ3n) is 14.6. The molecule has 0 saturated carbocycles. The predicted octanol–water partition coefficient (Wildman–Crippen LogP) is -2.80. The molecule has 1 fully saturated rings. The Hall–Kier alpha value is -8.23. The molecular weight excluding hydrogens is 1230 g/mol. The number of benzene rings is 1. The molecule has 20 N–H and O–H groups in total. The molecule has 1 heterocycles. The molecule has 1 unspecified atom stereocenters. The number of nitrogens with one attached hydrogen (secondary N) is 14. The Morgan fingerprint density at radius 2 is 1.07 bits per heavy atom. The summed E-state index contributed by atoms with van der Waals surface area (Å²) < 4.78 is 5.46. The molecule has 1 saturated heterocycles. The van der Waals surface area contributed by atoms with E-state index in [0.29, 0.717) is 0 Å². The van der Waals surface area contributed by atoms with Gasteiger partial charge in [0, 0.05) is 6.54 Å². The lowest BCUT2D eigenvalue weighted by atomic mass is 9.86. The minimum atomic E-state index is -2.10. The summed E-state index contributed by atoms with van der Waals surface area (Å²) in [7, 11) is 0. The predicted molar refractivity (Wildman–Crippen MR) is 345 cm³/mol. The highest BCUT2D eigenvalue weighted by Gasteiger charge is 2.42. The maximum atomic E-state index is 15.4. The zero-order valence-corrected chi connectivity index (χ0v) is 56.8. The first kappa shape index (κ1) is 81.9. The first-order valence-electron chi connectivity index (χ1n) is 31.5. The largest absolute Gasteiger partial charge is 0.444 e. The molecule has 1 aliphatic rings. The monoisotopic (exact) mass is 1330 g/mol. The van der Waals surface area contributed by atoms with Gasteiger partial charge in [0.2, 0.25) is 65.0 Å². The lowest BCUT2D eigenvalue weighted by Crippen LogP contribution is -2.64. The van der Waals surface area contributed by atoms with Gasteiger partial charge in [-0.3, -0.25) is 58.1 Å². The molecule has 14 atom stereocenters. The van der Waals surface area contributed by atoms with Crippen molar-refractivity contribution in [2.45, 2.75) is 227 Å². The maximum absolute atomic E-state index is 15.4. The van der Waals surface area contributed by atoms with Crippen LogP contribution in [0.1, 0.15) is 154 Å². The summed E-state index contributed by atoms with van der Waals surface area (Å²) in [5, 5.41) is 83.1. The third kappa shape index (κ3) is 29.0. The number of hydrogen-bond donors (Lipinski definition) is 19. The number of rotatable bonds is 20. The Morgan fingerprint density at radius 1 is 0.606 bits per heavy atom. The van der Waals surface area contributed by atoms with E-state index < -0.39 is 198 Å². The van der Waals surface area contributed by atoms with E-state index in [0.717, 1.165) is 13.8 Å². The zero-order chi connectivity index (χ0) is 71.7. The average Bonchev–Trinajstić information content (AvgIpc) is 0.824. The van der Waals surface area contributed by atoms with E-state index in [4.69, 9.17) is 15.9 Å². The van der Waals surface area contributed by atoms with Crippen LogP contribution < -0.4 is 74.9 Å². The summed E-state index contributed by atoms with van der Waals surface area (Å²) in [5.41, 5.74) is 3.20. The van der Waals surface area contributed by atoms with Gasteiger partial charge < -0.3 is 100 Å². The van der Waals surface area contributed by atoms with Gasteiger partial charge in [-0.15, -0.1) is 0 Å². The number of alkyl carbamates (subject to hydrolysis) is 1. The van der Waals surface area contributed by atoms with Gasteiger partial charge in [-0.25, -0.2) is 4.79 Å². The number of guanidine groups is 1. The van der Waals surface area contributed by atoms with Gasteiger partial charge in [-0.05, 0) is 95.0 Å². The number of aliphatic hydroxyl groups is 4. The topological polar surface area (TPSA) is 501 Å². The lowest BCUT2D eigenvalue weighted by molar-refractivity contribution is -0.138. The molecule has 1 aliphatic heterocycles. The Balaban J connectivity index is 3.07. The van der Waals surface area contributed by atoms with Crippen LogP contribution in [0.2, 0.25) is 0 Å². The molecule has 32 nitrogen and oxygen atoms in total. The molecule has 1 aromatic carbocycles. The molecule has 32 heteroatoms. The summed E-state index contributed by atoms with van der Waals surface area (Å²) >= 11 is 0. The second kappa shape index (κ2) is 37.6. The van der Waals surface area contributed by atoms with Crippen molar-refractivity contribution in [2.75, 3.05) is 26.3 Å². The first-order chi connectivity index (χ1) is 43.5. The van der Waals surface area contributed by atoms with E-state index in [1.54, 1.807) is 75.3 Å². The van der Waals surface area contributed by atoms with Gasteiger partial charge in [0.05, 0.1) is 38.0 Å². The van der Waals surface area contributed by atoms with Gasteiger partial charge in [0.15, 0.2) is 5.96 Å². The quantitative estimate of drug-likeness (QED) is 0.0356. The molecule has 1 aromatic rings. The standard InChI is InChI=1S/C62H105N15O17/c1-16-32(4)43-55(90)74-44(33(5)80)54(89)66-28-42(82)67-40(29-78)52(87)71-41(30-79)53(88)76-46(35-21-18-17-19-22-35)47(77-51(86)38(26-60(7,8)9)70-50(85)39(27-61(10,11)12)72-59(93)94-62(13,14)15)57(92)75-45(34(6)81)56(91)69-37(25-31(2)3)49(84)68-36(48(83)73-43)23-20-24-65-58(63)64/h17-19,21-22,31-34,36-41,43-47,78-81H,16,20,23-30H2,1-15H3,(H,66,89)(H,67,82)(H,68,84)(H,69,91)(H,70,85)(H,71,87)(H,72,93)(H,73,83)(H,74,90)(H,75,92)(H,76,88)(H,77,86)(H4,63,64,65)/t32-,33-,34+,36+,37-,38-,39+,40-,41?,43-,44-,45-,46+,47-/m0/s1. The number of ether oxygens (including phenoxy) is 1. The summed E-state index contributed by atoms with van der Waals surface area (Å²) in [6.07, 6.45) is -4.48. The van der Waals surface area contributed by atoms with Crippen molar-refractivity contribution in [2.24, 2.45) is 28.4 Å². The second-order valence-corrected chi connectivity index (χ2v) is 27.5. The van der Waals surface area contributed by atoms with Crippen molar-refractivity contribution in [3.8, 4) is 0 Å². The van der Waals surface area contributed by atoms with Crippen molar-refractivity contribution in [3.05, 3.63) is 35.9 Å². The summed E-state index contributed by atoms with van der Waals surface area (Å²) in [6, 6.07) is -11.5. The second-order valence-electron chi connectivity index (χ2n) is 27.5. The fraction of sp³-hybridized carbons (Fsp3) is 0.694. The molecule has 0 bridgehead atoms. The van der Waals surface area contributed by atoms with Crippen LogP contribution >= 0.6 is 0 Å². The number of carbonyl (C=O) groups excluding carboxylic acids is 12. The zero-order valence-electron chi connectivity index (χ0n) is 56.8. The van der Waals surface area contributed by atoms with Crippen LogP contribution in [0.3, 0.4) is 0 Å². The summed E-state index contributed by atoms with van der Waals surface area (Å²) in [5.74, 6) is -13.5. The molecule has 94 heavy (non-hydrogen) atoms. The summed E-state index contributed by atoms with van der Waals surface area (Å²) in [4.78, 5) is 171. The van der Waals surface area contributed by atoms with Crippen molar-refractivity contribution < 1.29 is 82.7 Å². The molecule has 0 radical (unpaired) electrons. The van der Waals surface area contributed by atoms with Gasteiger partial charge in [0.1, 0.15) is 66.0 Å². The van der Waals surface area contributed by atoms with E-state index in [1.807, 2.05) is 20.8 Å². The van der Waals surface area contributed by atoms with Crippen LogP contribution in [0.5, 0.6) is 0 Å². The van der Waals surface area contributed by atoms with Crippen LogP contribution in [0.25, 0.3) is 0 Å². The Morgan fingerprint density at radius 3 is 1.59 bits per heavy atom. The highest BCUT2D eigenvalue weighted by atomic mass is 16.6. The first-order valence-corrected chi connectivity index (χ1v) is 31.5. The van der Waals surface area contributed by atoms with Crippen molar-refractivity contribution >= 4 is 77.0 Å². The van der Waals surface area contributed by atoms with Crippen LogP contribution in [-0.4, -0.2) is 202 Å². The fourth-order valence-electron chi connectivity index (χ4n) is 9.66. The van der Waals surface area contributed by atoms with E-state index >= 15 is 9.59 Å². The van der Waals surface area contributed by atoms with Crippen molar-refractivity contribution in [1.82, 2.24) is 69.1 Å². The highest BCUT2D eigenvalue weighted by Crippen LogP contribution is 2.26. The van der Waals surface area contributed by atoms with Crippen LogP contribution in [0, 0.1) is 28.1 Å². The molecule has 0 spiro atoms. The lowest BCUT2D eigenvalue weighted by Gasteiger charge is -2.34. The van der Waals surface area contributed by atoms with Gasteiger partial charge in [0.25, 0.3) is 0 Å². The number of hydrogen-bond acceptors (Lipinski definition) is 18. The number of aliphatic hydroxyl groups excluding tert-OH is 4. The Bertz CT molecular complexity index is 2770. The van der Waals surface area contributed by atoms with Crippen molar-refractivity contribution in [3.63, 3.8) is 0 Å². The van der Waals surface area contributed by atoms with Crippen LogP contribution in [-0.2, 0) is 57.5 Å². The Labute approximate surface area is 549 Å². The number of amides is 12. The van der Waals surface area contributed by atoms with Gasteiger partial charge in [-0.1, -0.05) is 106 Å². The van der Waals surface area contributed by atoms with E-state index in [-0.39, 0.29) is 56.6 Å². The summed E-state index contributed by atoms with van der Waals surface area (Å²) in [6.45, 7) is 21.3. The molecule has 530 valence electrons. The Kier molecular flexibility index (Phi) is 32.8. The van der Waals surface area contributed by atoms with Gasteiger partial charge >= 0.3 is 6.09 Å². The van der Waals surface area contributed by atoms with E-state index in [1.165, 1.54) is 24.3 Å². The number of carbonyl (C=O) groups is 12. The minimum Gasteiger partial charge on any atom is -0.444 e. The average molecular weight is 1330 g/mol. The van der Waals surface area contributed by atoms with Gasteiger partial charge in [-0.2, -0.15) is 0 Å². The smallest absolute Gasteiger partial charge is 0.408 e. The fourth-order valence-corrected chi connectivity index (χ4v) is 9.66. The number of nitrogens with two attached hydrogens (primary N) is 1. The highest BCUT2D eigenvalue weighted by molar-refractivity contribution is 6.00. The van der Waals surface area contributed by atoms with E-state index in [2.05, 4.69) is 69.1 Å². The normalized spacial score (nSPS) is 24.1. The SMILES string of the molecule is CC[C@H](C)[C@@H]1NC(=O)[C@@H](CCCNC(=N)N)NC(=O)[C@H](CC(C)C)NC(=O)[C@H]([C@@H](C)O)NC(=O)[C@@H](NC(=O)[C@H](CC(C)(C)C)NC(=O)[C@@H](CC(C)(C)C)NC(=O)OC(C)(C)C)[C@@H](c2ccccc2)NC(=O)C(CO)NC(=O)[C@H](CO)NC(=O)CNC(=O)[C@H]([C@H](C)O)NC1=O. The molecule has 12 amide bonds. The van der Waals surface area contributed by atoms with E-state index in [9.17, 15) is 68.4 Å². The van der Waals surface area contributed by atoms with Crippen LogP contribution in [0.4, 0.5) is 4.79 Å². The maximum Gasteiger partial charge on any atom is 0.408 e.